The van der Waals surface area contributed by atoms with E-state index in [9.17, 15) is 9.90 Å². The highest BCUT2D eigenvalue weighted by Gasteiger charge is 2.17. The first-order chi connectivity index (χ1) is 8.45. The number of hydrogen-bond acceptors (Lipinski definition) is 3. The van der Waals surface area contributed by atoms with Crippen LogP contribution in [0.5, 0.6) is 5.75 Å². The van der Waals surface area contributed by atoms with Crippen LogP contribution in [-0.4, -0.2) is 22.0 Å². The Morgan fingerprint density at radius 1 is 1.61 bits per heavy atom. The van der Waals surface area contributed by atoms with Crippen LogP contribution < -0.4 is 11.1 Å². The maximum Gasteiger partial charge on any atom is 0.255 e. The third-order valence-electron chi connectivity index (χ3n) is 2.43. The normalized spacial score (nSPS) is 11.9. The van der Waals surface area contributed by atoms with Crippen LogP contribution in [0.25, 0.3) is 0 Å². The summed E-state index contributed by atoms with van der Waals surface area (Å²) >= 11 is 10.6. The van der Waals surface area contributed by atoms with Crippen molar-refractivity contribution in [2.45, 2.75) is 25.8 Å². The van der Waals surface area contributed by atoms with Gasteiger partial charge in [-0.05, 0) is 24.6 Å². The highest BCUT2D eigenvalue weighted by atomic mass is 35.5. The number of amides is 1. The van der Waals surface area contributed by atoms with Gasteiger partial charge in [-0.15, -0.1) is 0 Å². The van der Waals surface area contributed by atoms with E-state index in [1.807, 2.05) is 6.92 Å². The first kappa shape index (κ1) is 14.7. The number of phenolic OH excluding ortho intramolecular Hbond substituents is 1. The summed E-state index contributed by atoms with van der Waals surface area (Å²) in [7, 11) is 0. The molecule has 1 rings (SSSR count). The molecule has 0 heterocycles. The van der Waals surface area contributed by atoms with E-state index >= 15 is 0 Å². The molecule has 6 heteroatoms. The van der Waals surface area contributed by atoms with E-state index in [1.54, 1.807) is 0 Å². The molecule has 1 aromatic rings. The zero-order chi connectivity index (χ0) is 13.7. The molecule has 0 bridgehead atoms. The first-order valence-electron chi connectivity index (χ1n) is 5.54. The molecule has 18 heavy (non-hydrogen) atoms. The molecule has 1 unspecified atom stereocenters. The van der Waals surface area contributed by atoms with Crippen molar-refractivity contribution in [2.75, 3.05) is 0 Å². The highest BCUT2D eigenvalue weighted by molar-refractivity contribution is 7.80. The molecule has 0 aromatic heterocycles. The number of carbonyl (C=O) groups excluding carboxylic acids is 1. The second-order valence-electron chi connectivity index (χ2n) is 3.88. The van der Waals surface area contributed by atoms with Crippen molar-refractivity contribution < 1.29 is 9.90 Å². The quantitative estimate of drug-likeness (QED) is 0.726. The topological polar surface area (TPSA) is 75.3 Å². The molecule has 1 atom stereocenters. The number of aromatic hydroxyl groups is 1. The van der Waals surface area contributed by atoms with Gasteiger partial charge in [-0.2, -0.15) is 0 Å². The first-order valence-corrected chi connectivity index (χ1v) is 6.33. The fourth-order valence-corrected chi connectivity index (χ4v) is 1.85. The zero-order valence-corrected chi connectivity index (χ0v) is 11.5. The molecule has 0 saturated carbocycles. The fourth-order valence-electron chi connectivity index (χ4n) is 1.51. The van der Waals surface area contributed by atoms with Crippen LogP contribution in [-0.2, 0) is 0 Å². The lowest BCUT2D eigenvalue weighted by Crippen LogP contribution is -2.43. The molecular formula is C12H15ClN2O2S. The molecule has 1 aromatic carbocycles. The Kier molecular flexibility index (Phi) is 5.37. The molecule has 0 radical (unpaired) electrons. The molecule has 4 N–H and O–H groups in total. The Hall–Kier alpha value is -1.33. The zero-order valence-electron chi connectivity index (χ0n) is 9.94. The smallest absolute Gasteiger partial charge is 0.255 e. The molecule has 98 valence electrons. The Morgan fingerprint density at radius 3 is 2.78 bits per heavy atom. The summed E-state index contributed by atoms with van der Waals surface area (Å²) in [6, 6.07) is 3.93. The lowest BCUT2D eigenvalue weighted by atomic mass is 10.1. The van der Waals surface area contributed by atoms with Crippen molar-refractivity contribution in [1.29, 1.82) is 0 Å². The number of hydrogen-bond donors (Lipinski definition) is 3. The summed E-state index contributed by atoms with van der Waals surface area (Å²) in [6.07, 6.45) is 1.50. The molecule has 1 amide bonds. The van der Waals surface area contributed by atoms with Crippen LogP contribution in [0.4, 0.5) is 0 Å². The monoisotopic (exact) mass is 286 g/mol. The van der Waals surface area contributed by atoms with E-state index in [0.29, 0.717) is 11.4 Å². The van der Waals surface area contributed by atoms with Gasteiger partial charge in [-0.3, -0.25) is 4.79 Å². The molecule has 0 spiro atoms. The molecule has 0 aliphatic heterocycles. The van der Waals surface area contributed by atoms with Gasteiger partial charge in [-0.25, -0.2) is 0 Å². The van der Waals surface area contributed by atoms with Gasteiger partial charge in [0.25, 0.3) is 5.91 Å². The Balaban J connectivity index is 2.83. The van der Waals surface area contributed by atoms with Crippen LogP contribution in [0.1, 0.15) is 30.1 Å². The van der Waals surface area contributed by atoms with E-state index in [2.05, 4.69) is 5.32 Å². The van der Waals surface area contributed by atoms with E-state index in [1.165, 1.54) is 18.2 Å². The van der Waals surface area contributed by atoms with Gasteiger partial charge in [0.15, 0.2) is 0 Å². The predicted octanol–water partition coefficient (Wildman–Crippen LogP) is 2.23. The number of phenols is 1. The number of benzene rings is 1. The summed E-state index contributed by atoms with van der Waals surface area (Å²) < 4.78 is 0. The van der Waals surface area contributed by atoms with Gasteiger partial charge in [0.2, 0.25) is 0 Å². The van der Waals surface area contributed by atoms with Crippen molar-refractivity contribution in [3.8, 4) is 5.75 Å². The number of rotatable bonds is 5. The maximum atomic E-state index is 11.9. The van der Waals surface area contributed by atoms with Crippen LogP contribution in [0, 0.1) is 0 Å². The summed E-state index contributed by atoms with van der Waals surface area (Å²) in [5, 5.41) is 12.7. The molecule has 0 saturated heterocycles. The minimum atomic E-state index is -0.421. The maximum absolute atomic E-state index is 11.9. The van der Waals surface area contributed by atoms with Crippen LogP contribution in [0.3, 0.4) is 0 Å². The predicted molar refractivity (Wildman–Crippen MR) is 76.1 cm³/mol. The number of carbonyl (C=O) groups is 1. The average Bonchev–Trinajstić information content (AvgIpc) is 2.27. The SMILES string of the molecule is CCCC(NC(=O)c1ccc(Cl)cc1O)C(N)=S. The van der Waals surface area contributed by atoms with Gasteiger partial charge in [-0.1, -0.05) is 37.2 Å². The van der Waals surface area contributed by atoms with E-state index in [0.717, 1.165) is 6.42 Å². The number of halogens is 1. The minimum Gasteiger partial charge on any atom is -0.507 e. The Labute approximate surface area is 116 Å². The highest BCUT2D eigenvalue weighted by Crippen LogP contribution is 2.21. The lowest BCUT2D eigenvalue weighted by Gasteiger charge is -2.17. The van der Waals surface area contributed by atoms with Gasteiger partial charge < -0.3 is 16.2 Å². The Morgan fingerprint density at radius 2 is 2.28 bits per heavy atom. The summed E-state index contributed by atoms with van der Waals surface area (Å²) in [6.45, 7) is 1.97. The minimum absolute atomic E-state index is 0.150. The van der Waals surface area contributed by atoms with Crippen molar-refractivity contribution in [3.05, 3.63) is 28.8 Å². The molecule has 0 aliphatic rings. The molecule has 4 nitrogen and oxygen atoms in total. The summed E-state index contributed by atoms with van der Waals surface area (Å²) in [4.78, 5) is 12.2. The van der Waals surface area contributed by atoms with E-state index < -0.39 is 5.91 Å². The van der Waals surface area contributed by atoms with E-state index in [-0.39, 0.29) is 22.3 Å². The van der Waals surface area contributed by atoms with Gasteiger partial charge in [0, 0.05) is 5.02 Å². The van der Waals surface area contributed by atoms with Crippen LogP contribution >= 0.6 is 23.8 Å². The second kappa shape index (κ2) is 6.56. The third kappa shape index (κ3) is 3.85. The van der Waals surface area contributed by atoms with Gasteiger partial charge in [0.05, 0.1) is 16.6 Å². The summed E-state index contributed by atoms with van der Waals surface area (Å²) in [5.41, 5.74) is 5.69. The average molecular weight is 287 g/mol. The van der Waals surface area contributed by atoms with E-state index in [4.69, 9.17) is 29.6 Å². The number of nitrogens with two attached hydrogens (primary N) is 1. The van der Waals surface area contributed by atoms with Crippen molar-refractivity contribution in [2.24, 2.45) is 5.73 Å². The number of thiocarbonyl (C=S) groups is 1. The largest absolute Gasteiger partial charge is 0.507 e. The lowest BCUT2D eigenvalue weighted by molar-refractivity contribution is 0.0943. The third-order valence-corrected chi connectivity index (χ3v) is 2.95. The molecule has 0 aliphatic carbocycles. The van der Waals surface area contributed by atoms with Crippen LogP contribution in [0.2, 0.25) is 5.02 Å². The molecule has 0 fully saturated rings. The standard InChI is InChI=1S/C12H15ClN2O2S/c1-2-3-9(11(14)18)15-12(17)8-5-4-7(13)6-10(8)16/h4-6,9,16H,2-3H2,1H3,(H2,14,18)(H,15,17). The Bertz CT molecular complexity index is 465. The van der Waals surface area contributed by atoms with Crippen LogP contribution in [0.15, 0.2) is 18.2 Å². The van der Waals surface area contributed by atoms with Crippen molar-refractivity contribution in [3.63, 3.8) is 0 Å². The second-order valence-corrected chi connectivity index (χ2v) is 4.79. The van der Waals surface area contributed by atoms with Crippen molar-refractivity contribution >= 4 is 34.7 Å². The molecular weight excluding hydrogens is 272 g/mol. The van der Waals surface area contributed by atoms with Gasteiger partial charge >= 0.3 is 0 Å². The van der Waals surface area contributed by atoms with Gasteiger partial charge in [0.1, 0.15) is 5.75 Å². The fraction of sp³-hybridized carbons (Fsp3) is 0.333. The summed E-state index contributed by atoms with van der Waals surface area (Å²) in [5.74, 6) is -0.589. The van der Waals surface area contributed by atoms with Crippen molar-refractivity contribution in [1.82, 2.24) is 5.32 Å². The number of nitrogens with one attached hydrogen (secondary N) is 1.